The summed E-state index contributed by atoms with van der Waals surface area (Å²) in [6, 6.07) is 5.81. The number of hydrogen-bond donors (Lipinski definition) is 2. The second kappa shape index (κ2) is 8.32. The first kappa shape index (κ1) is 17.0. The second-order valence-corrected chi connectivity index (χ2v) is 4.63. The Morgan fingerprint density at radius 1 is 1.33 bits per heavy atom. The summed E-state index contributed by atoms with van der Waals surface area (Å²) in [6.45, 7) is 4.35. The largest absolute Gasteiger partial charge is 0.493 e. The van der Waals surface area contributed by atoms with E-state index in [-0.39, 0.29) is 6.04 Å². The molecule has 0 aromatic heterocycles. The van der Waals surface area contributed by atoms with Crippen molar-refractivity contribution in [2.24, 2.45) is 0 Å². The number of carboxylic acid groups (broad SMARTS) is 1. The minimum absolute atomic E-state index is 0.0768. The van der Waals surface area contributed by atoms with Crippen LogP contribution in [-0.4, -0.2) is 31.8 Å². The molecule has 0 aliphatic heterocycles. The number of benzene rings is 1. The zero-order valence-corrected chi connectivity index (χ0v) is 13.0. The minimum atomic E-state index is -0.863. The first-order chi connectivity index (χ1) is 10.0. The van der Waals surface area contributed by atoms with Gasteiger partial charge in [-0.15, -0.1) is 0 Å². The topological polar surface area (TPSA) is 67.8 Å². The van der Waals surface area contributed by atoms with Crippen molar-refractivity contribution in [3.63, 3.8) is 0 Å². The van der Waals surface area contributed by atoms with E-state index < -0.39 is 5.97 Å². The maximum absolute atomic E-state index is 10.9. The number of carbonyl (C=O) groups is 1. The minimum Gasteiger partial charge on any atom is -0.493 e. The Balaban J connectivity index is 2.72. The highest BCUT2D eigenvalue weighted by molar-refractivity contribution is 5.86. The van der Waals surface area contributed by atoms with Gasteiger partial charge in [-0.2, -0.15) is 0 Å². The van der Waals surface area contributed by atoms with Gasteiger partial charge in [-0.25, -0.2) is 4.79 Å². The molecule has 0 radical (unpaired) electrons. The molecule has 1 aromatic rings. The predicted molar refractivity (Wildman–Crippen MR) is 82.0 cm³/mol. The van der Waals surface area contributed by atoms with Crippen molar-refractivity contribution in [2.75, 3.05) is 20.8 Å². The van der Waals surface area contributed by atoms with E-state index in [1.165, 1.54) is 0 Å². The van der Waals surface area contributed by atoms with Crippen molar-refractivity contribution >= 4 is 5.97 Å². The van der Waals surface area contributed by atoms with Gasteiger partial charge in [0.05, 0.1) is 14.2 Å². The smallest absolute Gasteiger partial charge is 0.331 e. The Hall–Kier alpha value is -2.01. The molecule has 0 aliphatic rings. The van der Waals surface area contributed by atoms with E-state index in [9.17, 15) is 4.79 Å². The third-order valence-electron chi connectivity index (χ3n) is 3.34. The lowest BCUT2D eigenvalue weighted by molar-refractivity contribution is -0.132. The number of rotatable bonds is 8. The van der Waals surface area contributed by atoms with Crippen LogP contribution < -0.4 is 14.8 Å². The van der Waals surface area contributed by atoms with Crippen LogP contribution in [0.25, 0.3) is 0 Å². The van der Waals surface area contributed by atoms with Crippen molar-refractivity contribution in [3.05, 3.63) is 35.4 Å². The highest BCUT2D eigenvalue weighted by atomic mass is 16.5. The zero-order chi connectivity index (χ0) is 15.8. The normalized spacial score (nSPS) is 12.9. The van der Waals surface area contributed by atoms with E-state index in [4.69, 9.17) is 14.6 Å². The fourth-order valence-corrected chi connectivity index (χ4v) is 1.98. The van der Waals surface area contributed by atoms with Crippen LogP contribution in [0.2, 0.25) is 0 Å². The van der Waals surface area contributed by atoms with Gasteiger partial charge in [0.1, 0.15) is 0 Å². The average Bonchev–Trinajstić information content (AvgIpc) is 2.50. The SMILES string of the molecule is CC/C(=C/CNC(C)c1ccc(OC)c(OC)c1)C(=O)O. The van der Waals surface area contributed by atoms with Gasteiger partial charge in [-0.05, 0) is 31.0 Å². The molecule has 1 unspecified atom stereocenters. The molecule has 0 saturated heterocycles. The molecule has 21 heavy (non-hydrogen) atoms. The predicted octanol–water partition coefficient (Wildman–Crippen LogP) is 2.78. The molecule has 0 aliphatic carbocycles. The van der Waals surface area contributed by atoms with Gasteiger partial charge in [0.15, 0.2) is 11.5 Å². The maximum atomic E-state index is 10.9. The molecule has 1 atom stereocenters. The number of ether oxygens (including phenoxy) is 2. The number of nitrogens with one attached hydrogen (secondary N) is 1. The highest BCUT2D eigenvalue weighted by Crippen LogP contribution is 2.29. The van der Waals surface area contributed by atoms with E-state index in [2.05, 4.69) is 5.32 Å². The fourth-order valence-electron chi connectivity index (χ4n) is 1.98. The second-order valence-electron chi connectivity index (χ2n) is 4.63. The molecule has 0 bridgehead atoms. The molecule has 0 amide bonds. The number of aliphatic carboxylic acids is 1. The van der Waals surface area contributed by atoms with E-state index in [1.807, 2.05) is 32.0 Å². The Kier molecular flexibility index (Phi) is 6.75. The Morgan fingerprint density at radius 3 is 2.52 bits per heavy atom. The fraction of sp³-hybridized carbons (Fsp3) is 0.438. The molecule has 1 rings (SSSR count). The molecule has 0 fully saturated rings. The Morgan fingerprint density at radius 2 is 2.00 bits per heavy atom. The molecule has 5 heteroatoms. The lowest BCUT2D eigenvalue weighted by Gasteiger charge is -2.15. The lowest BCUT2D eigenvalue weighted by atomic mass is 10.1. The molecule has 2 N–H and O–H groups in total. The lowest BCUT2D eigenvalue weighted by Crippen LogP contribution is -2.19. The Bertz CT molecular complexity index is 511. The molecular weight excluding hydrogens is 270 g/mol. The summed E-state index contributed by atoms with van der Waals surface area (Å²) < 4.78 is 10.5. The first-order valence-corrected chi connectivity index (χ1v) is 6.91. The third-order valence-corrected chi connectivity index (χ3v) is 3.34. The first-order valence-electron chi connectivity index (χ1n) is 6.91. The van der Waals surface area contributed by atoms with E-state index in [0.29, 0.717) is 30.0 Å². The molecule has 0 heterocycles. The van der Waals surface area contributed by atoms with Gasteiger partial charge in [0.2, 0.25) is 0 Å². The molecule has 5 nitrogen and oxygen atoms in total. The van der Waals surface area contributed by atoms with Gasteiger partial charge >= 0.3 is 5.97 Å². The van der Waals surface area contributed by atoms with Gasteiger partial charge in [0.25, 0.3) is 0 Å². The molecular formula is C16H23NO4. The third kappa shape index (κ3) is 4.79. The Labute approximate surface area is 125 Å². The average molecular weight is 293 g/mol. The molecule has 1 aromatic carbocycles. The van der Waals surface area contributed by atoms with Crippen LogP contribution in [0, 0.1) is 0 Å². The van der Waals surface area contributed by atoms with Crippen LogP contribution >= 0.6 is 0 Å². The van der Waals surface area contributed by atoms with Crippen LogP contribution in [0.1, 0.15) is 31.9 Å². The van der Waals surface area contributed by atoms with Crippen molar-refractivity contribution < 1.29 is 19.4 Å². The summed E-state index contributed by atoms with van der Waals surface area (Å²) in [7, 11) is 3.20. The van der Waals surface area contributed by atoms with Crippen LogP contribution in [0.3, 0.4) is 0 Å². The van der Waals surface area contributed by atoms with Crippen molar-refractivity contribution in [2.45, 2.75) is 26.3 Å². The summed E-state index contributed by atoms with van der Waals surface area (Å²) in [5.74, 6) is 0.504. The summed E-state index contributed by atoms with van der Waals surface area (Å²) in [6.07, 6.45) is 2.22. The number of carboxylic acids is 1. The van der Waals surface area contributed by atoms with Crippen LogP contribution in [0.5, 0.6) is 11.5 Å². The van der Waals surface area contributed by atoms with Crippen LogP contribution in [0.4, 0.5) is 0 Å². The molecule has 0 spiro atoms. The summed E-state index contributed by atoms with van der Waals surface area (Å²) in [5, 5.41) is 12.2. The highest BCUT2D eigenvalue weighted by Gasteiger charge is 2.10. The summed E-state index contributed by atoms with van der Waals surface area (Å²) in [5.41, 5.74) is 1.47. The van der Waals surface area contributed by atoms with Gasteiger partial charge < -0.3 is 19.9 Å². The van der Waals surface area contributed by atoms with E-state index in [0.717, 1.165) is 5.56 Å². The van der Waals surface area contributed by atoms with Gasteiger partial charge in [0, 0.05) is 18.2 Å². The monoisotopic (exact) mass is 293 g/mol. The van der Waals surface area contributed by atoms with Crippen molar-refractivity contribution in [1.82, 2.24) is 5.32 Å². The molecule has 0 saturated carbocycles. The quantitative estimate of drug-likeness (QED) is 0.721. The van der Waals surface area contributed by atoms with E-state index >= 15 is 0 Å². The van der Waals surface area contributed by atoms with Gasteiger partial charge in [-0.3, -0.25) is 0 Å². The summed E-state index contributed by atoms with van der Waals surface area (Å²) >= 11 is 0. The summed E-state index contributed by atoms with van der Waals surface area (Å²) in [4.78, 5) is 10.9. The standard InChI is InChI=1S/C16H23NO4/c1-5-12(16(18)19)8-9-17-11(2)13-6-7-14(20-3)15(10-13)21-4/h6-8,10-11,17H,5,9H2,1-4H3,(H,18,19)/b12-8-. The molecule has 116 valence electrons. The van der Waals surface area contributed by atoms with Crippen molar-refractivity contribution in [3.8, 4) is 11.5 Å². The number of methoxy groups -OCH3 is 2. The van der Waals surface area contributed by atoms with Crippen LogP contribution in [-0.2, 0) is 4.79 Å². The maximum Gasteiger partial charge on any atom is 0.331 e. The van der Waals surface area contributed by atoms with Gasteiger partial charge in [-0.1, -0.05) is 19.1 Å². The van der Waals surface area contributed by atoms with E-state index in [1.54, 1.807) is 20.3 Å². The van der Waals surface area contributed by atoms with Crippen LogP contribution in [0.15, 0.2) is 29.8 Å². The zero-order valence-electron chi connectivity index (χ0n) is 13.0. The van der Waals surface area contributed by atoms with Crippen molar-refractivity contribution in [1.29, 1.82) is 0 Å². The number of hydrogen-bond acceptors (Lipinski definition) is 4.